The van der Waals surface area contributed by atoms with E-state index in [-0.39, 0.29) is 6.42 Å². The zero-order valence-electron chi connectivity index (χ0n) is 14.7. The van der Waals surface area contributed by atoms with Crippen molar-refractivity contribution in [2.75, 3.05) is 7.11 Å². The van der Waals surface area contributed by atoms with Crippen LogP contribution in [-0.4, -0.2) is 23.2 Å². The topological polar surface area (TPSA) is 59.4 Å². The van der Waals surface area contributed by atoms with Gasteiger partial charge in [0, 0.05) is 0 Å². The fourth-order valence-electron chi connectivity index (χ4n) is 3.02. The van der Waals surface area contributed by atoms with Gasteiger partial charge in [-0.05, 0) is 58.3 Å². The van der Waals surface area contributed by atoms with E-state index < -0.39 is 5.97 Å². The molecule has 0 saturated carbocycles. The number of nitrogens with zero attached hydrogens (tertiary/aromatic N) is 1. The van der Waals surface area contributed by atoms with Crippen LogP contribution in [0, 0.1) is 0 Å². The average Bonchev–Trinajstić information content (AvgIpc) is 3.11. The highest BCUT2D eigenvalue weighted by atomic mass is 32.1. The van der Waals surface area contributed by atoms with E-state index >= 15 is 0 Å². The van der Waals surface area contributed by atoms with Gasteiger partial charge in [-0.1, -0.05) is 30.3 Å². The standard InChI is InChI=1S/C22H17NO3S/c1-26-18-9-8-15-10-14(6-7-16(15)12-18)11-17(13-21(24)25)22-23-19-4-2-3-5-20(19)27-22/h2-12H,13H2,1H3,(H,24,25)/b17-11+. The van der Waals surface area contributed by atoms with Gasteiger partial charge in [0.2, 0.25) is 0 Å². The predicted octanol–water partition coefficient (Wildman–Crippen LogP) is 5.47. The molecule has 0 aliphatic rings. The minimum absolute atomic E-state index is 0.0690. The monoisotopic (exact) mass is 375 g/mol. The Morgan fingerprint density at radius 3 is 2.67 bits per heavy atom. The van der Waals surface area contributed by atoms with Gasteiger partial charge in [0.05, 0.1) is 23.7 Å². The largest absolute Gasteiger partial charge is 0.497 e. The molecule has 1 heterocycles. The summed E-state index contributed by atoms with van der Waals surface area (Å²) in [6.07, 6.45) is 1.84. The number of thiazole rings is 1. The summed E-state index contributed by atoms with van der Waals surface area (Å²) in [5, 5.41) is 12.2. The molecule has 5 heteroatoms. The van der Waals surface area contributed by atoms with Crippen LogP contribution >= 0.6 is 11.3 Å². The van der Waals surface area contributed by atoms with Crippen LogP contribution < -0.4 is 4.74 Å². The van der Waals surface area contributed by atoms with Crippen molar-refractivity contribution in [2.45, 2.75) is 6.42 Å². The van der Waals surface area contributed by atoms with Crippen LogP contribution in [0.5, 0.6) is 5.75 Å². The maximum Gasteiger partial charge on any atom is 0.307 e. The minimum Gasteiger partial charge on any atom is -0.497 e. The fourth-order valence-corrected chi connectivity index (χ4v) is 4.00. The molecule has 4 nitrogen and oxygen atoms in total. The fraction of sp³-hybridized carbons (Fsp3) is 0.0909. The second-order valence-electron chi connectivity index (χ2n) is 6.20. The van der Waals surface area contributed by atoms with E-state index in [1.165, 1.54) is 11.3 Å². The average molecular weight is 375 g/mol. The Bertz CT molecular complexity index is 1140. The summed E-state index contributed by atoms with van der Waals surface area (Å²) < 4.78 is 6.31. The van der Waals surface area contributed by atoms with Crippen LogP contribution in [0.3, 0.4) is 0 Å². The normalized spacial score (nSPS) is 11.8. The number of rotatable bonds is 5. The number of aromatic nitrogens is 1. The number of aliphatic carboxylic acids is 1. The lowest BCUT2D eigenvalue weighted by atomic mass is 10.0. The predicted molar refractivity (Wildman–Crippen MR) is 110 cm³/mol. The van der Waals surface area contributed by atoms with E-state index in [0.717, 1.165) is 37.3 Å². The molecule has 0 aliphatic heterocycles. The van der Waals surface area contributed by atoms with E-state index in [2.05, 4.69) is 4.98 Å². The Morgan fingerprint density at radius 1 is 1.11 bits per heavy atom. The molecule has 0 aliphatic carbocycles. The quantitative estimate of drug-likeness (QED) is 0.502. The highest BCUT2D eigenvalue weighted by molar-refractivity contribution is 7.19. The molecule has 4 aromatic rings. The second kappa shape index (κ2) is 7.21. The second-order valence-corrected chi connectivity index (χ2v) is 7.23. The molecule has 4 rings (SSSR count). The van der Waals surface area contributed by atoms with Gasteiger partial charge in [0.15, 0.2) is 0 Å². The Morgan fingerprint density at radius 2 is 1.89 bits per heavy atom. The Balaban J connectivity index is 1.78. The molecule has 1 aromatic heterocycles. The first-order valence-corrected chi connectivity index (χ1v) is 9.30. The first-order chi connectivity index (χ1) is 13.1. The van der Waals surface area contributed by atoms with Crippen molar-refractivity contribution in [3.05, 3.63) is 71.2 Å². The van der Waals surface area contributed by atoms with Crippen LogP contribution in [0.1, 0.15) is 17.0 Å². The SMILES string of the molecule is COc1ccc2cc(/C=C(\CC(=O)O)c3nc4ccccc4s3)ccc2c1. The van der Waals surface area contributed by atoms with E-state index in [4.69, 9.17) is 4.74 Å². The van der Waals surface area contributed by atoms with Crippen molar-refractivity contribution in [3.8, 4) is 5.75 Å². The molecule has 3 aromatic carbocycles. The zero-order valence-corrected chi connectivity index (χ0v) is 15.5. The summed E-state index contributed by atoms with van der Waals surface area (Å²) in [5.74, 6) is -0.0575. The number of hydrogen-bond acceptors (Lipinski definition) is 4. The Kier molecular flexibility index (Phi) is 4.60. The van der Waals surface area contributed by atoms with Crippen molar-refractivity contribution >= 4 is 49.9 Å². The Hall–Kier alpha value is -3.18. The van der Waals surface area contributed by atoms with Crippen molar-refractivity contribution < 1.29 is 14.6 Å². The molecule has 0 unspecified atom stereocenters. The number of hydrogen-bond donors (Lipinski definition) is 1. The van der Waals surface area contributed by atoms with Crippen LogP contribution in [0.15, 0.2) is 60.7 Å². The van der Waals surface area contributed by atoms with Gasteiger partial charge < -0.3 is 9.84 Å². The number of carboxylic acids is 1. The number of fused-ring (bicyclic) bond motifs is 2. The summed E-state index contributed by atoms with van der Waals surface area (Å²) in [4.78, 5) is 16.0. The molecule has 0 atom stereocenters. The van der Waals surface area contributed by atoms with E-state index in [1.807, 2.05) is 66.7 Å². The van der Waals surface area contributed by atoms with Gasteiger partial charge in [-0.15, -0.1) is 11.3 Å². The molecular formula is C22H17NO3S. The number of benzene rings is 3. The summed E-state index contributed by atoms with van der Waals surface area (Å²) in [6.45, 7) is 0. The lowest BCUT2D eigenvalue weighted by Gasteiger charge is -2.05. The third-order valence-corrected chi connectivity index (χ3v) is 5.43. The highest BCUT2D eigenvalue weighted by Crippen LogP contribution is 2.31. The van der Waals surface area contributed by atoms with Crippen LogP contribution in [0.2, 0.25) is 0 Å². The molecule has 0 bridgehead atoms. The molecule has 1 N–H and O–H groups in total. The van der Waals surface area contributed by atoms with Crippen molar-refractivity contribution in [1.29, 1.82) is 0 Å². The molecular weight excluding hydrogens is 358 g/mol. The maximum atomic E-state index is 11.4. The Labute approximate surface area is 160 Å². The molecule has 0 fully saturated rings. The number of ether oxygens (including phenoxy) is 1. The third-order valence-electron chi connectivity index (χ3n) is 4.32. The number of methoxy groups -OCH3 is 1. The van der Waals surface area contributed by atoms with Gasteiger partial charge in [-0.25, -0.2) is 4.98 Å². The van der Waals surface area contributed by atoms with Crippen LogP contribution in [-0.2, 0) is 4.79 Å². The highest BCUT2D eigenvalue weighted by Gasteiger charge is 2.12. The smallest absolute Gasteiger partial charge is 0.307 e. The van der Waals surface area contributed by atoms with Crippen molar-refractivity contribution in [1.82, 2.24) is 4.98 Å². The van der Waals surface area contributed by atoms with E-state index in [9.17, 15) is 9.90 Å². The lowest BCUT2D eigenvalue weighted by molar-refractivity contribution is -0.135. The lowest BCUT2D eigenvalue weighted by Crippen LogP contribution is -1.97. The number of carboxylic acid groups (broad SMARTS) is 1. The van der Waals surface area contributed by atoms with Gasteiger partial charge in [0.25, 0.3) is 0 Å². The van der Waals surface area contributed by atoms with Crippen molar-refractivity contribution in [2.24, 2.45) is 0 Å². The van der Waals surface area contributed by atoms with Gasteiger partial charge in [-0.2, -0.15) is 0 Å². The number of para-hydroxylation sites is 1. The third kappa shape index (κ3) is 3.68. The molecule has 0 amide bonds. The van der Waals surface area contributed by atoms with Crippen molar-refractivity contribution in [3.63, 3.8) is 0 Å². The summed E-state index contributed by atoms with van der Waals surface area (Å²) in [5.41, 5.74) is 2.54. The summed E-state index contributed by atoms with van der Waals surface area (Å²) >= 11 is 1.52. The van der Waals surface area contributed by atoms with E-state index in [0.29, 0.717) is 5.57 Å². The van der Waals surface area contributed by atoms with Crippen LogP contribution in [0.25, 0.3) is 32.6 Å². The van der Waals surface area contributed by atoms with E-state index in [1.54, 1.807) is 7.11 Å². The molecule has 134 valence electrons. The molecule has 0 radical (unpaired) electrons. The van der Waals surface area contributed by atoms with Gasteiger partial charge in [-0.3, -0.25) is 4.79 Å². The minimum atomic E-state index is -0.869. The van der Waals surface area contributed by atoms with Gasteiger partial charge >= 0.3 is 5.97 Å². The summed E-state index contributed by atoms with van der Waals surface area (Å²) in [7, 11) is 1.65. The maximum absolute atomic E-state index is 11.4. The molecule has 27 heavy (non-hydrogen) atoms. The molecule has 0 saturated heterocycles. The molecule has 0 spiro atoms. The summed E-state index contributed by atoms with van der Waals surface area (Å²) in [6, 6.07) is 19.8. The van der Waals surface area contributed by atoms with Gasteiger partial charge in [0.1, 0.15) is 10.8 Å². The number of carbonyl (C=O) groups is 1. The van der Waals surface area contributed by atoms with Crippen LogP contribution in [0.4, 0.5) is 0 Å². The zero-order chi connectivity index (χ0) is 18.8. The first kappa shape index (κ1) is 17.2. The first-order valence-electron chi connectivity index (χ1n) is 8.48.